The summed E-state index contributed by atoms with van der Waals surface area (Å²) in [4.78, 5) is 2.25. The highest BCUT2D eigenvalue weighted by atomic mass is 16.5. The summed E-state index contributed by atoms with van der Waals surface area (Å²) in [7, 11) is 0. The van der Waals surface area contributed by atoms with E-state index in [0.29, 0.717) is 24.7 Å². The molecule has 4 heteroatoms. The van der Waals surface area contributed by atoms with Gasteiger partial charge in [0.25, 0.3) is 0 Å². The Balaban J connectivity index is 1.68. The predicted molar refractivity (Wildman–Crippen MR) is 79.8 cm³/mol. The summed E-state index contributed by atoms with van der Waals surface area (Å²) in [5.41, 5.74) is 0.373. The second kappa shape index (κ2) is 7.21. The van der Waals surface area contributed by atoms with Gasteiger partial charge in [-0.25, -0.2) is 0 Å². The number of hydrogen-bond donors (Lipinski definition) is 1. The Kier molecular flexibility index (Phi) is 5.84. The first-order valence-electron chi connectivity index (χ1n) is 8.04. The zero-order valence-electron chi connectivity index (χ0n) is 13.3. The summed E-state index contributed by atoms with van der Waals surface area (Å²) < 4.78 is 11.3. The van der Waals surface area contributed by atoms with Gasteiger partial charge in [0.2, 0.25) is 0 Å². The van der Waals surface area contributed by atoms with Crippen LogP contribution >= 0.6 is 0 Å². The van der Waals surface area contributed by atoms with Crippen molar-refractivity contribution in [3.63, 3.8) is 0 Å². The molecule has 0 unspecified atom stereocenters. The van der Waals surface area contributed by atoms with Crippen LogP contribution in [0.15, 0.2) is 0 Å². The van der Waals surface area contributed by atoms with Crippen LogP contribution in [0.25, 0.3) is 0 Å². The molecular weight excluding hydrogens is 254 g/mol. The average molecular weight is 285 g/mol. The van der Waals surface area contributed by atoms with Gasteiger partial charge in [-0.05, 0) is 30.6 Å². The number of hydrogen-bond acceptors (Lipinski definition) is 4. The van der Waals surface area contributed by atoms with E-state index in [1.807, 2.05) is 0 Å². The molecule has 0 aromatic heterocycles. The van der Waals surface area contributed by atoms with Gasteiger partial charge in [0.15, 0.2) is 0 Å². The first-order valence-corrected chi connectivity index (χ1v) is 8.04. The normalized spacial score (nSPS) is 33.0. The largest absolute Gasteiger partial charge is 0.389 e. The van der Waals surface area contributed by atoms with Crippen LogP contribution in [-0.4, -0.2) is 61.7 Å². The fourth-order valence-corrected chi connectivity index (χ4v) is 3.77. The van der Waals surface area contributed by atoms with Crippen molar-refractivity contribution in [2.24, 2.45) is 11.3 Å². The summed E-state index contributed by atoms with van der Waals surface area (Å²) >= 11 is 0. The predicted octanol–water partition coefficient (Wildman–Crippen LogP) is 1.91. The molecule has 1 heterocycles. The molecule has 1 saturated heterocycles. The summed E-state index contributed by atoms with van der Waals surface area (Å²) in [6.45, 7) is 11.5. The van der Waals surface area contributed by atoms with Gasteiger partial charge in [-0.3, -0.25) is 4.90 Å². The minimum atomic E-state index is -0.381. The second-order valence-electron chi connectivity index (χ2n) is 7.44. The Morgan fingerprint density at radius 3 is 2.65 bits per heavy atom. The smallest absolute Gasteiger partial charge is 0.0900 e. The van der Waals surface area contributed by atoms with Gasteiger partial charge < -0.3 is 14.6 Å². The number of ether oxygens (including phenoxy) is 2. The number of morpholine rings is 1. The van der Waals surface area contributed by atoms with E-state index in [0.717, 1.165) is 45.1 Å². The lowest BCUT2D eigenvalue weighted by Gasteiger charge is -2.39. The molecule has 118 valence electrons. The van der Waals surface area contributed by atoms with Gasteiger partial charge in [-0.1, -0.05) is 20.8 Å². The van der Waals surface area contributed by atoms with Gasteiger partial charge >= 0.3 is 0 Å². The molecule has 3 atom stereocenters. The Hall–Kier alpha value is -0.160. The van der Waals surface area contributed by atoms with Crippen LogP contribution in [-0.2, 0) is 9.47 Å². The van der Waals surface area contributed by atoms with Crippen LogP contribution in [0.1, 0.15) is 40.0 Å². The fourth-order valence-electron chi connectivity index (χ4n) is 3.77. The van der Waals surface area contributed by atoms with Crippen molar-refractivity contribution in [3.05, 3.63) is 0 Å². The van der Waals surface area contributed by atoms with E-state index in [4.69, 9.17) is 9.47 Å². The monoisotopic (exact) mass is 285 g/mol. The van der Waals surface area contributed by atoms with E-state index in [2.05, 4.69) is 25.7 Å². The fraction of sp³-hybridized carbons (Fsp3) is 1.00. The average Bonchev–Trinajstić information content (AvgIpc) is 2.35. The zero-order valence-corrected chi connectivity index (χ0v) is 13.3. The molecule has 20 heavy (non-hydrogen) atoms. The van der Waals surface area contributed by atoms with E-state index >= 15 is 0 Å². The van der Waals surface area contributed by atoms with Crippen molar-refractivity contribution in [2.75, 3.05) is 39.5 Å². The lowest BCUT2D eigenvalue weighted by molar-refractivity contribution is -0.0670. The molecule has 0 bridgehead atoms. The second-order valence-corrected chi connectivity index (χ2v) is 7.44. The highest BCUT2D eigenvalue weighted by Gasteiger charge is 2.32. The van der Waals surface area contributed by atoms with Crippen molar-refractivity contribution in [1.82, 2.24) is 4.90 Å². The van der Waals surface area contributed by atoms with E-state index in [-0.39, 0.29) is 6.10 Å². The van der Waals surface area contributed by atoms with Crippen molar-refractivity contribution in [1.29, 1.82) is 0 Å². The van der Waals surface area contributed by atoms with E-state index in [9.17, 15) is 5.11 Å². The first-order chi connectivity index (χ1) is 9.44. The SMILES string of the molecule is C[C@@H]1C[C@H](OC[C@H](O)CN2CCOCC2)CC(C)(C)C1. The summed E-state index contributed by atoms with van der Waals surface area (Å²) in [5.74, 6) is 0.722. The van der Waals surface area contributed by atoms with E-state index in [1.54, 1.807) is 0 Å². The van der Waals surface area contributed by atoms with Crippen LogP contribution in [0, 0.1) is 11.3 Å². The van der Waals surface area contributed by atoms with Crippen LogP contribution < -0.4 is 0 Å². The van der Waals surface area contributed by atoms with Crippen LogP contribution in [0.3, 0.4) is 0 Å². The van der Waals surface area contributed by atoms with Crippen molar-refractivity contribution in [3.8, 4) is 0 Å². The van der Waals surface area contributed by atoms with Crippen LogP contribution in [0.5, 0.6) is 0 Å². The summed E-state index contributed by atoms with van der Waals surface area (Å²) in [5, 5.41) is 10.1. The molecule has 1 N–H and O–H groups in total. The maximum Gasteiger partial charge on any atom is 0.0900 e. The molecule has 0 amide bonds. The van der Waals surface area contributed by atoms with Gasteiger partial charge in [0.05, 0.1) is 32.0 Å². The molecule has 1 saturated carbocycles. The molecule has 1 aliphatic heterocycles. The van der Waals surface area contributed by atoms with Gasteiger partial charge in [-0.15, -0.1) is 0 Å². The molecule has 2 aliphatic rings. The van der Waals surface area contributed by atoms with Crippen LogP contribution in [0.2, 0.25) is 0 Å². The Morgan fingerprint density at radius 2 is 2.00 bits per heavy atom. The molecular formula is C16H31NO3. The maximum absolute atomic E-state index is 10.1. The number of β-amino-alcohol motifs (C(OH)–C–C–N with tert-alkyl or cyclic N) is 1. The molecule has 1 aliphatic carbocycles. The molecule has 2 rings (SSSR count). The number of rotatable bonds is 5. The molecule has 2 fully saturated rings. The molecule has 0 aromatic carbocycles. The molecule has 0 aromatic rings. The zero-order chi connectivity index (χ0) is 14.6. The number of nitrogens with zero attached hydrogens (tertiary/aromatic N) is 1. The van der Waals surface area contributed by atoms with Crippen LogP contribution in [0.4, 0.5) is 0 Å². The third-order valence-corrected chi connectivity index (χ3v) is 4.44. The third kappa shape index (κ3) is 5.32. The first kappa shape index (κ1) is 16.2. The van der Waals surface area contributed by atoms with Crippen molar-refractivity contribution >= 4 is 0 Å². The Bertz CT molecular complexity index is 289. The van der Waals surface area contributed by atoms with E-state index < -0.39 is 0 Å². The summed E-state index contributed by atoms with van der Waals surface area (Å²) in [6.07, 6.45) is 3.46. The van der Waals surface area contributed by atoms with Crippen molar-refractivity contribution < 1.29 is 14.6 Å². The topological polar surface area (TPSA) is 41.9 Å². The third-order valence-electron chi connectivity index (χ3n) is 4.44. The minimum absolute atomic E-state index is 0.313. The van der Waals surface area contributed by atoms with E-state index in [1.165, 1.54) is 6.42 Å². The Morgan fingerprint density at radius 1 is 1.30 bits per heavy atom. The highest BCUT2D eigenvalue weighted by Crippen LogP contribution is 2.39. The minimum Gasteiger partial charge on any atom is -0.389 e. The quantitative estimate of drug-likeness (QED) is 0.838. The van der Waals surface area contributed by atoms with Crippen molar-refractivity contribution in [2.45, 2.75) is 52.2 Å². The number of aliphatic hydroxyl groups is 1. The maximum atomic E-state index is 10.1. The number of aliphatic hydroxyl groups excluding tert-OH is 1. The lowest BCUT2D eigenvalue weighted by atomic mass is 9.71. The molecule has 0 spiro atoms. The molecule has 0 radical (unpaired) electrons. The van der Waals surface area contributed by atoms with Gasteiger partial charge in [0, 0.05) is 19.6 Å². The molecule has 4 nitrogen and oxygen atoms in total. The van der Waals surface area contributed by atoms with Gasteiger partial charge in [-0.2, -0.15) is 0 Å². The standard InChI is InChI=1S/C16H31NO3/c1-13-8-15(10-16(2,3)9-13)20-12-14(18)11-17-4-6-19-7-5-17/h13-15,18H,4-12H2,1-3H3/t13-,14-,15+/m1/s1. The lowest BCUT2D eigenvalue weighted by Crippen LogP contribution is -2.43. The Labute approximate surface area is 123 Å². The summed E-state index contributed by atoms with van der Waals surface area (Å²) in [6, 6.07) is 0. The van der Waals surface area contributed by atoms with Gasteiger partial charge in [0.1, 0.15) is 0 Å². The highest BCUT2D eigenvalue weighted by molar-refractivity contribution is 4.83.